The Kier molecular flexibility index (Phi) is 4.37. The van der Waals surface area contributed by atoms with Gasteiger partial charge in [-0.3, -0.25) is 9.59 Å². The van der Waals surface area contributed by atoms with Gasteiger partial charge in [0.1, 0.15) is 0 Å². The van der Waals surface area contributed by atoms with E-state index in [1.54, 1.807) is 6.07 Å². The van der Waals surface area contributed by atoms with Gasteiger partial charge in [-0.05, 0) is 18.9 Å². The Labute approximate surface area is 112 Å². The van der Waals surface area contributed by atoms with Crippen LogP contribution in [0.15, 0.2) is 23.1 Å². The van der Waals surface area contributed by atoms with Crippen LogP contribution in [0, 0.1) is 5.41 Å². The highest BCUT2D eigenvalue weighted by atomic mass is 16.3. The van der Waals surface area contributed by atoms with E-state index in [-0.39, 0.29) is 23.5 Å². The van der Waals surface area contributed by atoms with Crippen molar-refractivity contribution in [3.8, 4) is 0 Å². The molecule has 5 heteroatoms. The van der Waals surface area contributed by atoms with Gasteiger partial charge in [-0.2, -0.15) is 0 Å². The number of pyridine rings is 1. The summed E-state index contributed by atoms with van der Waals surface area (Å²) >= 11 is 0. The van der Waals surface area contributed by atoms with E-state index in [1.807, 2.05) is 0 Å². The van der Waals surface area contributed by atoms with E-state index in [1.165, 1.54) is 18.7 Å². The average molecular weight is 264 g/mol. The Balaban J connectivity index is 1.97. The fraction of sp³-hybridized carbons (Fsp3) is 0.571. The standard InChI is InChI=1S/C14H20N2O3/c17-10-14(5-2-1-3-6-14)9-16-13(19)11-4-7-15-12(18)8-11/h4,7-8,17H,1-3,5-6,9-10H2,(H,15,18)(H,16,19). The lowest BCUT2D eigenvalue weighted by Crippen LogP contribution is -2.41. The lowest BCUT2D eigenvalue weighted by Gasteiger charge is -2.35. The van der Waals surface area contributed by atoms with Crippen LogP contribution in [0.3, 0.4) is 0 Å². The predicted molar refractivity (Wildman–Crippen MR) is 72.0 cm³/mol. The first-order valence-electron chi connectivity index (χ1n) is 6.73. The third kappa shape index (κ3) is 3.44. The van der Waals surface area contributed by atoms with Crippen molar-refractivity contribution in [2.45, 2.75) is 32.1 Å². The molecule has 1 saturated carbocycles. The minimum absolute atomic E-state index is 0.0999. The Morgan fingerprint density at radius 3 is 2.74 bits per heavy atom. The van der Waals surface area contributed by atoms with Gasteiger partial charge >= 0.3 is 0 Å². The molecular weight excluding hydrogens is 244 g/mol. The van der Waals surface area contributed by atoms with Crippen LogP contribution < -0.4 is 10.9 Å². The summed E-state index contributed by atoms with van der Waals surface area (Å²) in [4.78, 5) is 25.6. The minimum Gasteiger partial charge on any atom is -0.396 e. The average Bonchev–Trinajstić information content (AvgIpc) is 2.46. The van der Waals surface area contributed by atoms with E-state index in [9.17, 15) is 14.7 Å². The number of aliphatic hydroxyl groups is 1. The zero-order valence-electron chi connectivity index (χ0n) is 10.9. The lowest BCUT2D eigenvalue weighted by atomic mass is 9.74. The quantitative estimate of drug-likeness (QED) is 0.760. The highest BCUT2D eigenvalue weighted by molar-refractivity contribution is 5.93. The van der Waals surface area contributed by atoms with Crippen LogP contribution in [0.25, 0.3) is 0 Å². The number of nitrogens with one attached hydrogen (secondary N) is 2. The van der Waals surface area contributed by atoms with Crippen molar-refractivity contribution in [2.24, 2.45) is 5.41 Å². The van der Waals surface area contributed by atoms with E-state index in [0.717, 1.165) is 25.7 Å². The number of aromatic nitrogens is 1. The molecule has 0 bridgehead atoms. The normalized spacial score (nSPS) is 17.9. The fourth-order valence-electron chi connectivity index (χ4n) is 2.65. The van der Waals surface area contributed by atoms with Crippen LogP contribution in [0.2, 0.25) is 0 Å². The van der Waals surface area contributed by atoms with Gasteiger partial charge < -0.3 is 15.4 Å². The van der Waals surface area contributed by atoms with Crippen molar-refractivity contribution in [1.29, 1.82) is 0 Å². The number of rotatable bonds is 4. The molecule has 1 amide bonds. The molecule has 0 atom stereocenters. The van der Waals surface area contributed by atoms with Gasteiger partial charge in [0, 0.05) is 29.8 Å². The number of hydrogen-bond acceptors (Lipinski definition) is 3. The molecular formula is C14H20N2O3. The smallest absolute Gasteiger partial charge is 0.251 e. The highest BCUT2D eigenvalue weighted by Crippen LogP contribution is 2.35. The molecule has 1 heterocycles. The summed E-state index contributed by atoms with van der Waals surface area (Å²) in [5.41, 5.74) is -0.121. The van der Waals surface area contributed by atoms with Crippen LogP contribution in [0.1, 0.15) is 42.5 Å². The molecule has 1 aliphatic carbocycles. The number of amides is 1. The second-order valence-corrected chi connectivity index (χ2v) is 5.34. The number of aromatic amines is 1. The van der Waals surface area contributed by atoms with Gasteiger partial charge in [-0.15, -0.1) is 0 Å². The molecule has 1 aromatic rings. The van der Waals surface area contributed by atoms with Crippen molar-refractivity contribution >= 4 is 5.91 Å². The molecule has 5 nitrogen and oxygen atoms in total. The molecule has 1 aliphatic rings. The van der Waals surface area contributed by atoms with Crippen LogP contribution in [0.4, 0.5) is 0 Å². The van der Waals surface area contributed by atoms with Crippen molar-refractivity contribution < 1.29 is 9.90 Å². The summed E-state index contributed by atoms with van der Waals surface area (Å²) in [5, 5.41) is 12.4. The van der Waals surface area contributed by atoms with Gasteiger partial charge in [0.15, 0.2) is 0 Å². The number of H-pyrrole nitrogens is 1. The van der Waals surface area contributed by atoms with Crippen LogP contribution >= 0.6 is 0 Å². The molecule has 0 radical (unpaired) electrons. The first-order chi connectivity index (χ1) is 9.15. The van der Waals surface area contributed by atoms with Gasteiger partial charge in [0.2, 0.25) is 5.56 Å². The molecule has 104 valence electrons. The van der Waals surface area contributed by atoms with Crippen molar-refractivity contribution in [2.75, 3.05) is 13.2 Å². The van der Waals surface area contributed by atoms with E-state index >= 15 is 0 Å². The topological polar surface area (TPSA) is 82.2 Å². The zero-order valence-corrected chi connectivity index (χ0v) is 10.9. The SMILES string of the molecule is O=C(NCC1(CO)CCCCC1)c1cc[nH]c(=O)c1. The maximum Gasteiger partial charge on any atom is 0.251 e. The Bertz CT molecular complexity index is 489. The fourth-order valence-corrected chi connectivity index (χ4v) is 2.65. The summed E-state index contributed by atoms with van der Waals surface area (Å²) in [5.74, 6) is -0.260. The Morgan fingerprint density at radius 2 is 2.11 bits per heavy atom. The number of aliphatic hydroxyl groups excluding tert-OH is 1. The maximum atomic E-state index is 12.0. The molecule has 0 saturated heterocycles. The number of hydrogen-bond donors (Lipinski definition) is 3. The van der Waals surface area contributed by atoms with Crippen molar-refractivity contribution in [3.63, 3.8) is 0 Å². The van der Waals surface area contributed by atoms with Crippen molar-refractivity contribution in [3.05, 3.63) is 34.2 Å². The molecule has 3 N–H and O–H groups in total. The molecule has 0 spiro atoms. The monoisotopic (exact) mass is 264 g/mol. The highest BCUT2D eigenvalue weighted by Gasteiger charge is 2.31. The first kappa shape index (κ1) is 13.8. The van der Waals surface area contributed by atoms with Gasteiger partial charge in [0.05, 0.1) is 6.61 Å². The van der Waals surface area contributed by atoms with E-state index in [0.29, 0.717) is 12.1 Å². The first-order valence-corrected chi connectivity index (χ1v) is 6.73. The molecule has 0 unspecified atom stereocenters. The molecule has 1 aromatic heterocycles. The molecule has 19 heavy (non-hydrogen) atoms. The molecule has 0 aromatic carbocycles. The number of carbonyl (C=O) groups is 1. The van der Waals surface area contributed by atoms with Gasteiger partial charge in [-0.1, -0.05) is 19.3 Å². The van der Waals surface area contributed by atoms with E-state index in [2.05, 4.69) is 10.3 Å². The van der Waals surface area contributed by atoms with Crippen LogP contribution in [-0.2, 0) is 0 Å². The summed E-state index contributed by atoms with van der Waals surface area (Å²) in [6.07, 6.45) is 6.74. The van der Waals surface area contributed by atoms with Gasteiger partial charge in [0.25, 0.3) is 5.91 Å². The maximum absolute atomic E-state index is 12.0. The van der Waals surface area contributed by atoms with E-state index in [4.69, 9.17) is 0 Å². The van der Waals surface area contributed by atoms with Crippen LogP contribution in [-0.4, -0.2) is 29.1 Å². The summed E-state index contributed by atoms with van der Waals surface area (Å²) in [6.45, 7) is 0.567. The molecule has 0 aliphatic heterocycles. The lowest BCUT2D eigenvalue weighted by molar-refractivity contribution is 0.0718. The Hall–Kier alpha value is -1.62. The second-order valence-electron chi connectivity index (χ2n) is 5.34. The summed E-state index contributed by atoms with van der Waals surface area (Å²) in [7, 11) is 0. The third-order valence-electron chi connectivity index (χ3n) is 3.91. The third-order valence-corrected chi connectivity index (χ3v) is 3.91. The minimum atomic E-state index is -0.290. The number of carbonyl (C=O) groups excluding carboxylic acids is 1. The summed E-state index contributed by atoms with van der Waals surface area (Å²) in [6, 6.07) is 2.85. The summed E-state index contributed by atoms with van der Waals surface area (Å²) < 4.78 is 0. The molecule has 2 rings (SSSR count). The molecule has 1 fully saturated rings. The van der Waals surface area contributed by atoms with Gasteiger partial charge in [-0.25, -0.2) is 0 Å². The largest absolute Gasteiger partial charge is 0.396 e. The predicted octanol–water partition coefficient (Wildman–Crippen LogP) is 1.05. The second kappa shape index (κ2) is 6.02. The van der Waals surface area contributed by atoms with Crippen molar-refractivity contribution in [1.82, 2.24) is 10.3 Å². The van der Waals surface area contributed by atoms with E-state index < -0.39 is 0 Å². The van der Waals surface area contributed by atoms with Crippen LogP contribution in [0.5, 0.6) is 0 Å². The Morgan fingerprint density at radius 1 is 1.37 bits per heavy atom. The zero-order chi connectivity index (χ0) is 13.7.